The molecule has 3 rings (SSSR count). The molecule has 0 amide bonds. The molecule has 0 unspecified atom stereocenters. The maximum absolute atomic E-state index is 6.01. The summed E-state index contributed by atoms with van der Waals surface area (Å²) in [6, 6.07) is 19.6. The number of halogens is 3. The lowest BCUT2D eigenvalue weighted by Crippen LogP contribution is -2.16. The zero-order valence-electron chi connectivity index (χ0n) is 13.0. The van der Waals surface area contributed by atoms with Crippen LogP contribution in [0.5, 0.6) is 0 Å². The molecule has 0 aliphatic heterocycles. The molecule has 1 N–H and O–H groups in total. The van der Waals surface area contributed by atoms with Gasteiger partial charge in [0.2, 0.25) is 0 Å². The third-order valence-electron chi connectivity index (χ3n) is 3.57. The number of benzene rings is 2. The van der Waals surface area contributed by atoms with Gasteiger partial charge in [-0.1, -0.05) is 47.5 Å². The number of rotatable bonds is 6. The Bertz CT molecular complexity index is 768. The van der Waals surface area contributed by atoms with Gasteiger partial charge in [-0.25, -0.2) is 0 Å². The van der Waals surface area contributed by atoms with Crippen LogP contribution in [0.1, 0.15) is 11.3 Å². The summed E-state index contributed by atoms with van der Waals surface area (Å²) < 4.78 is 5.85. The minimum atomic E-state index is 0. The molecule has 5 heteroatoms. The molecule has 0 spiro atoms. The monoisotopic (exact) mass is 381 g/mol. The van der Waals surface area contributed by atoms with Crippen LogP contribution in [0.4, 0.5) is 0 Å². The average Bonchev–Trinajstić information content (AvgIpc) is 3.02. The lowest BCUT2D eigenvalue weighted by molar-refractivity contribution is 0.495. The third kappa shape index (κ3) is 5.29. The highest BCUT2D eigenvalue weighted by atomic mass is 35.5. The molecular formula is C19H18Cl3NO. The first-order valence-corrected chi connectivity index (χ1v) is 8.26. The normalized spacial score (nSPS) is 10.4. The van der Waals surface area contributed by atoms with Gasteiger partial charge >= 0.3 is 0 Å². The van der Waals surface area contributed by atoms with Crippen LogP contribution in [0.15, 0.2) is 65.1 Å². The minimum absolute atomic E-state index is 0. The molecule has 0 aliphatic carbocycles. The highest BCUT2D eigenvalue weighted by Crippen LogP contribution is 2.24. The second kappa shape index (κ2) is 9.14. The Hall–Kier alpha value is -1.45. The molecule has 0 radical (unpaired) electrons. The third-order valence-corrected chi connectivity index (χ3v) is 4.06. The predicted molar refractivity (Wildman–Crippen MR) is 103 cm³/mol. The smallest absolute Gasteiger partial charge is 0.134 e. The van der Waals surface area contributed by atoms with Crippen LogP contribution in [0.2, 0.25) is 10.0 Å². The molecule has 1 aromatic heterocycles. The van der Waals surface area contributed by atoms with Gasteiger partial charge in [0.1, 0.15) is 11.5 Å². The summed E-state index contributed by atoms with van der Waals surface area (Å²) in [4.78, 5) is 0. The van der Waals surface area contributed by atoms with Gasteiger partial charge in [-0.2, -0.15) is 0 Å². The van der Waals surface area contributed by atoms with Crippen molar-refractivity contribution in [2.75, 3.05) is 6.54 Å². The summed E-state index contributed by atoms with van der Waals surface area (Å²) in [5.74, 6) is 1.75. The fourth-order valence-corrected chi connectivity index (χ4v) is 2.68. The molecule has 2 aromatic carbocycles. The first-order valence-electron chi connectivity index (χ1n) is 7.50. The Morgan fingerprint density at radius 3 is 2.42 bits per heavy atom. The number of nitrogens with one attached hydrogen (secondary N) is 1. The molecule has 3 aromatic rings. The van der Waals surface area contributed by atoms with Crippen LogP contribution in [0.3, 0.4) is 0 Å². The fraction of sp³-hybridized carbons (Fsp3) is 0.158. The zero-order chi connectivity index (χ0) is 16.1. The molecular weight excluding hydrogens is 365 g/mol. The molecule has 126 valence electrons. The van der Waals surface area contributed by atoms with E-state index in [9.17, 15) is 0 Å². The molecule has 0 atom stereocenters. The fourth-order valence-electron chi connectivity index (χ4n) is 2.37. The first-order chi connectivity index (χ1) is 11.2. The zero-order valence-corrected chi connectivity index (χ0v) is 15.3. The van der Waals surface area contributed by atoms with Gasteiger partial charge in [-0.3, -0.25) is 0 Å². The standard InChI is InChI=1S/C19H17Cl2NO.ClH/c20-16-6-4-14(5-7-16)10-11-22-13-18-8-9-19(23-18)15-2-1-3-17(21)12-15;/h1-9,12,22H,10-11,13H2;1H. The van der Waals surface area contributed by atoms with E-state index in [0.29, 0.717) is 11.6 Å². The van der Waals surface area contributed by atoms with E-state index < -0.39 is 0 Å². The van der Waals surface area contributed by atoms with Crippen molar-refractivity contribution in [1.29, 1.82) is 0 Å². The molecule has 0 saturated heterocycles. The van der Waals surface area contributed by atoms with E-state index >= 15 is 0 Å². The van der Waals surface area contributed by atoms with Crippen molar-refractivity contribution in [3.63, 3.8) is 0 Å². The number of hydrogen-bond acceptors (Lipinski definition) is 2. The highest BCUT2D eigenvalue weighted by molar-refractivity contribution is 6.31. The van der Waals surface area contributed by atoms with Crippen molar-refractivity contribution in [3.05, 3.63) is 82.0 Å². The Kier molecular flexibility index (Phi) is 7.19. The van der Waals surface area contributed by atoms with Crippen molar-refractivity contribution < 1.29 is 4.42 Å². The molecule has 0 saturated carbocycles. The summed E-state index contributed by atoms with van der Waals surface area (Å²) >= 11 is 11.9. The number of furan rings is 1. The summed E-state index contributed by atoms with van der Waals surface area (Å²) in [7, 11) is 0. The second-order valence-electron chi connectivity index (χ2n) is 5.33. The van der Waals surface area contributed by atoms with Crippen molar-refractivity contribution >= 4 is 35.6 Å². The Balaban J connectivity index is 0.00000208. The van der Waals surface area contributed by atoms with Crippen LogP contribution in [-0.2, 0) is 13.0 Å². The maximum Gasteiger partial charge on any atom is 0.134 e. The SMILES string of the molecule is Cl.Clc1ccc(CCNCc2ccc(-c3cccc(Cl)c3)o2)cc1. The topological polar surface area (TPSA) is 25.2 Å². The summed E-state index contributed by atoms with van der Waals surface area (Å²) in [6.45, 7) is 1.59. The van der Waals surface area contributed by atoms with E-state index in [1.165, 1.54) is 5.56 Å². The van der Waals surface area contributed by atoms with Gasteiger partial charge in [0.25, 0.3) is 0 Å². The van der Waals surface area contributed by atoms with Crippen LogP contribution < -0.4 is 5.32 Å². The average molecular weight is 383 g/mol. The van der Waals surface area contributed by atoms with E-state index in [2.05, 4.69) is 5.32 Å². The summed E-state index contributed by atoms with van der Waals surface area (Å²) in [5, 5.41) is 4.87. The second-order valence-corrected chi connectivity index (χ2v) is 6.20. The molecule has 0 bridgehead atoms. The quantitative estimate of drug-likeness (QED) is 0.528. The van der Waals surface area contributed by atoms with Crippen molar-refractivity contribution in [3.8, 4) is 11.3 Å². The lowest BCUT2D eigenvalue weighted by Gasteiger charge is -2.04. The maximum atomic E-state index is 6.01. The molecule has 24 heavy (non-hydrogen) atoms. The van der Waals surface area contributed by atoms with E-state index in [-0.39, 0.29) is 12.4 Å². The molecule has 0 aliphatic rings. The Morgan fingerprint density at radius 1 is 0.875 bits per heavy atom. The molecule has 2 nitrogen and oxygen atoms in total. The lowest BCUT2D eigenvalue weighted by atomic mass is 10.1. The van der Waals surface area contributed by atoms with E-state index in [0.717, 1.165) is 35.1 Å². The largest absolute Gasteiger partial charge is 0.460 e. The van der Waals surface area contributed by atoms with Gasteiger partial charge in [0, 0.05) is 15.6 Å². The van der Waals surface area contributed by atoms with Gasteiger partial charge in [-0.15, -0.1) is 12.4 Å². The van der Waals surface area contributed by atoms with Gasteiger partial charge < -0.3 is 9.73 Å². The molecule has 0 fully saturated rings. The van der Waals surface area contributed by atoms with Crippen LogP contribution in [0, 0.1) is 0 Å². The van der Waals surface area contributed by atoms with Crippen LogP contribution in [0.25, 0.3) is 11.3 Å². The molecule has 1 heterocycles. The van der Waals surface area contributed by atoms with E-state index in [1.807, 2.05) is 60.7 Å². The van der Waals surface area contributed by atoms with Crippen LogP contribution >= 0.6 is 35.6 Å². The predicted octanol–water partition coefficient (Wildman–Crippen LogP) is 6.01. The Morgan fingerprint density at radius 2 is 1.67 bits per heavy atom. The minimum Gasteiger partial charge on any atom is -0.460 e. The van der Waals surface area contributed by atoms with E-state index in [4.69, 9.17) is 27.6 Å². The van der Waals surface area contributed by atoms with E-state index in [1.54, 1.807) is 0 Å². The summed E-state index contributed by atoms with van der Waals surface area (Å²) in [5.41, 5.74) is 2.26. The van der Waals surface area contributed by atoms with Gasteiger partial charge in [0.15, 0.2) is 0 Å². The van der Waals surface area contributed by atoms with Crippen molar-refractivity contribution in [1.82, 2.24) is 5.32 Å². The van der Waals surface area contributed by atoms with Crippen LogP contribution in [-0.4, -0.2) is 6.54 Å². The van der Waals surface area contributed by atoms with Gasteiger partial charge in [-0.05, 0) is 54.9 Å². The Labute approximate surface area is 158 Å². The van der Waals surface area contributed by atoms with Gasteiger partial charge in [0.05, 0.1) is 6.54 Å². The van der Waals surface area contributed by atoms with Crippen molar-refractivity contribution in [2.24, 2.45) is 0 Å². The van der Waals surface area contributed by atoms with Crippen molar-refractivity contribution in [2.45, 2.75) is 13.0 Å². The summed E-state index contributed by atoms with van der Waals surface area (Å²) in [6.07, 6.45) is 0.957. The number of hydrogen-bond donors (Lipinski definition) is 1. The first kappa shape index (κ1) is 18.9. The highest BCUT2D eigenvalue weighted by Gasteiger charge is 2.05.